The van der Waals surface area contributed by atoms with Gasteiger partial charge in [0.1, 0.15) is 4.21 Å². The summed E-state index contributed by atoms with van der Waals surface area (Å²) in [6.45, 7) is 2.96. The van der Waals surface area contributed by atoms with Crippen LogP contribution in [0.15, 0.2) is 20.1 Å². The average molecular weight is 349 g/mol. The topological polar surface area (TPSA) is 40.6 Å². The second kappa shape index (κ2) is 5.72. The molecular formula is C11H13BrN2O2S2. The van der Waals surface area contributed by atoms with E-state index in [1.54, 1.807) is 12.1 Å². The molecule has 1 saturated heterocycles. The zero-order valence-electron chi connectivity index (χ0n) is 9.67. The molecule has 0 saturated carbocycles. The number of sulfonamides is 1. The summed E-state index contributed by atoms with van der Waals surface area (Å²) in [5, 5.41) is 0. The minimum Gasteiger partial charge on any atom is -0.290 e. The van der Waals surface area contributed by atoms with Crippen molar-refractivity contribution in [2.45, 2.75) is 4.21 Å². The zero-order chi connectivity index (χ0) is 13.2. The van der Waals surface area contributed by atoms with Crippen LogP contribution in [0.2, 0.25) is 0 Å². The molecule has 1 fully saturated rings. The van der Waals surface area contributed by atoms with Crippen molar-refractivity contribution in [3.05, 3.63) is 15.9 Å². The van der Waals surface area contributed by atoms with Gasteiger partial charge in [0.15, 0.2) is 0 Å². The van der Waals surface area contributed by atoms with Crippen LogP contribution in [0, 0.1) is 12.3 Å². The Kier molecular flexibility index (Phi) is 4.45. The van der Waals surface area contributed by atoms with Gasteiger partial charge in [0.25, 0.3) is 10.0 Å². The summed E-state index contributed by atoms with van der Waals surface area (Å²) < 4.78 is 27.4. The molecule has 0 spiro atoms. The van der Waals surface area contributed by atoms with E-state index in [1.807, 2.05) is 0 Å². The van der Waals surface area contributed by atoms with E-state index in [0.717, 1.165) is 3.79 Å². The molecule has 0 bridgehead atoms. The number of halogens is 1. The molecule has 4 nitrogen and oxygen atoms in total. The fraction of sp³-hybridized carbons (Fsp3) is 0.455. The van der Waals surface area contributed by atoms with Crippen molar-refractivity contribution in [3.8, 4) is 12.3 Å². The molecule has 0 atom stereocenters. The molecule has 2 heterocycles. The van der Waals surface area contributed by atoms with Gasteiger partial charge < -0.3 is 0 Å². The Bertz CT molecular complexity index is 554. The van der Waals surface area contributed by atoms with Crippen LogP contribution in [-0.2, 0) is 10.0 Å². The van der Waals surface area contributed by atoms with E-state index in [4.69, 9.17) is 6.42 Å². The number of nitrogens with zero attached hydrogens (tertiary/aromatic N) is 2. The maximum absolute atomic E-state index is 12.3. The molecule has 0 amide bonds. The van der Waals surface area contributed by atoms with E-state index >= 15 is 0 Å². The molecule has 0 aliphatic carbocycles. The first-order valence-corrected chi connectivity index (χ1v) is 8.50. The summed E-state index contributed by atoms with van der Waals surface area (Å²) in [4.78, 5) is 2.08. The fourth-order valence-electron chi connectivity index (χ4n) is 1.82. The monoisotopic (exact) mass is 348 g/mol. The standard InChI is InChI=1S/C11H13BrN2O2S2/c1-2-5-13-6-8-14(9-7-13)18(15,16)11-4-3-10(12)17-11/h1,3-4H,5-9H2. The Hall–Kier alpha value is -0.390. The van der Waals surface area contributed by atoms with Crippen molar-refractivity contribution in [2.24, 2.45) is 0 Å². The first-order valence-electron chi connectivity index (χ1n) is 5.45. The van der Waals surface area contributed by atoms with Crippen molar-refractivity contribution in [2.75, 3.05) is 32.7 Å². The SMILES string of the molecule is C#CCN1CCN(S(=O)(=O)c2ccc(Br)s2)CC1. The summed E-state index contributed by atoms with van der Waals surface area (Å²) in [5.74, 6) is 2.58. The highest BCUT2D eigenvalue weighted by Crippen LogP contribution is 2.28. The second-order valence-electron chi connectivity index (χ2n) is 3.94. The van der Waals surface area contributed by atoms with E-state index < -0.39 is 10.0 Å². The van der Waals surface area contributed by atoms with Gasteiger partial charge in [-0.15, -0.1) is 17.8 Å². The molecule has 0 N–H and O–H groups in total. The number of thiophene rings is 1. The van der Waals surface area contributed by atoms with Gasteiger partial charge in [-0.2, -0.15) is 4.31 Å². The smallest absolute Gasteiger partial charge is 0.252 e. The normalized spacial score (nSPS) is 18.7. The molecule has 1 aliphatic rings. The van der Waals surface area contributed by atoms with Crippen molar-refractivity contribution >= 4 is 37.3 Å². The lowest BCUT2D eigenvalue weighted by molar-refractivity contribution is 0.207. The molecule has 0 radical (unpaired) electrons. The third kappa shape index (κ3) is 2.95. The Morgan fingerprint density at radius 3 is 2.50 bits per heavy atom. The maximum Gasteiger partial charge on any atom is 0.252 e. The van der Waals surface area contributed by atoms with Crippen molar-refractivity contribution in [3.63, 3.8) is 0 Å². The summed E-state index contributed by atoms with van der Waals surface area (Å²) in [5.41, 5.74) is 0. The molecular weight excluding hydrogens is 336 g/mol. The highest BCUT2D eigenvalue weighted by Gasteiger charge is 2.29. The Balaban J connectivity index is 2.07. The van der Waals surface area contributed by atoms with Crippen LogP contribution in [0.3, 0.4) is 0 Å². The van der Waals surface area contributed by atoms with Crippen LogP contribution in [0.1, 0.15) is 0 Å². The molecule has 1 aliphatic heterocycles. The first kappa shape index (κ1) is 14.0. The van der Waals surface area contributed by atoms with Crippen LogP contribution in [0.25, 0.3) is 0 Å². The Labute approximate surface area is 120 Å². The van der Waals surface area contributed by atoms with Gasteiger partial charge in [-0.3, -0.25) is 4.90 Å². The molecule has 7 heteroatoms. The summed E-state index contributed by atoms with van der Waals surface area (Å²) >= 11 is 4.52. The molecule has 2 rings (SSSR count). The predicted molar refractivity (Wildman–Crippen MR) is 76.1 cm³/mol. The lowest BCUT2D eigenvalue weighted by Crippen LogP contribution is -2.48. The predicted octanol–water partition coefficient (Wildman–Crippen LogP) is 1.45. The van der Waals surface area contributed by atoms with Crippen molar-refractivity contribution in [1.29, 1.82) is 0 Å². The van der Waals surface area contributed by atoms with E-state index in [-0.39, 0.29) is 0 Å². The van der Waals surface area contributed by atoms with E-state index in [2.05, 4.69) is 26.8 Å². The molecule has 0 unspecified atom stereocenters. The van der Waals surface area contributed by atoms with Gasteiger partial charge in [-0.1, -0.05) is 5.92 Å². The molecule has 98 valence electrons. The highest BCUT2D eigenvalue weighted by atomic mass is 79.9. The largest absolute Gasteiger partial charge is 0.290 e. The quantitative estimate of drug-likeness (QED) is 0.776. The van der Waals surface area contributed by atoms with Crippen LogP contribution in [0.4, 0.5) is 0 Å². The minimum atomic E-state index is -3.34. The van der Waals surface area contributed by atoms with Crippen molar-refractivity contribution in [1.82, 2.24) is 9.21 Å². The number of terminal acetylenes is 1. The molecule has 1 aromatic heterocycles. The molecule has 1 aromatic rings. The van der Waals surface area contributed by atoms with Gasteiger partial charge in [0, 0.05) is 26.2 Å². The van der Waals surface area contributed by atoms with Crippen LogP contribution in [-0.4, -0.2) is 50.3 Å². The lowest BCUT2D eigenvalue weighted by atomic mass is 10.4. The average Bonchev–Trinajstić information content (AvgIpc) is 2.78. The van der Waals surface area contributed by atoms with Crippen LogP contribution < -0.4 is 0 Å². The third-order valence-electron chi connectivity index (χ3n) is 2.79. The number of hydrogen-bond acceptors (Lipinski definition) is 4. The van der Waals surface area contributed by atoms with E-state index in [1.165, 1.54) is 15.6 Å². The highest BCUT2D eigenvalue weighted by molar-refractivity contribution is 9.11. The van der Waals surface area contributed by atoms with Crippen LogP contribution in [0.5, 0.6) is 0 Å². The molecule has 0 aromatic carbocycles. The number of rotatable bonds is 3. The third-order valence-corrected chi connectivity index (χ3v) is 6.78. The summed E-state index contributed by atoms with van der Waals surface area (Å²) in [6.07, 6.45) is 5.25. The summed E-state index contributed by atoms with van der Waals surface area (Å²) in [7, 11) is -3.34. The second-order valence-corrected chi connectivity index (χ2v) is 8.57. The Morgan fingerprint density at radius 2 is 2.00 bits per heavy atom. The molecule has 18 heavy (non-hydrogen) atoms. The first-order chi connectivity index (χ1) is 8.54. The summed E-state index contributed by atoms with van der Waals surface area (Å²) in [6, 6.07) is 3.39. The van der Waals surface area contributed by atoms with Crippen LogP contribution >= 0.6 is 27.3 Å². The van der Waals surface area contributed by atoms with Gasteiger partial charge in [-0.05, 0) is 28.1 Å². The lowest BCUT2D eigenvalue weighted by Gasteiger charge is -2.32. The zero-order valence-corrected chi connectivity index (χ0v) is 12.9. The van der Waals surface area contributed by atoms with Crippen molar-refractivity contribution < 1.29 is 8.42 Å². The fourth-order valence-corrected chi connectivity index (χ4v) is 5.41. The maximum atomic E-state index is 12.3. The minimum absolute atomic E-state index is 0.389. The van der Waals surface area contributed by atoms with Gasteiger partial charge >= 0.3 is 0 Å². The van der Waals surface area contributed by atoms with Gasteiger partial charge in [0.05, 0.1) is 10.3 Å². The van der Waals surface area contributed by atoms with E-state index in [0.29, 0.717) is 36.9 Å². The van der Waals surface area contributed by atoms with E-state index in [9.17, 15) is 8.42 Å². The number of piperazine rings is 1. The number of hydrogen-bond donors (Lipinski definition) is 0. The Morgan fingerprint density at radius 1 is 1.33 bits per heavy atom. The van der Waals surface area contributed by atoms with Gasteiger partial charge in [-0.25, -0.2) is 8.42 Å². The van der Waals surface area contributed by atoms with Gasteiger partial charge in [0.2, 0.25) is 0 Å².